The van der Waals surface area contributed by atoms with Crippen LogP contribution in [0, 0.1) is 5.92 Å². The average Bonchev–Trinajstić information content (AvgIpc) is 2.92. The molecule has 0 saturated heterocycles. The van der Waals surface area contributed by atoms with Crippen molar-refractivity contribution >= 4 is 17.3 Å². The van der Waals surface area contributed by atoms with E-state index < -0.39 is 0 Å². The smallest absolute Gasteiger partial charge is 0.0531 e. The van der Waals surface area contributed by atoms with Gasteiger partial charge < -0.3 is 5.43 Å². The van der Waals surface area contributed by atoms with E-state index in [0.29, 0.717) is 0 Å². The zero-order valence-corrected chi connectivity index (χ0v) is 8.14. The van der Waals surface area contributed by atoms with E-state index in [1.54, 1.807) is 0 Å². The van der Waals surface area contributed by atoms with Gasteiger partial charge in [0.2, 0.25) is 0 Å². The SMILES string of the molecule is NNc1cc(Cl)ccc1CC1CC1. The van der Waals surface area contributed by atoms with Gasteiger partial charge in [0.25, 0.3) is 0 Å². The van der Waals surface area contributed by atoms with Crippen LogP contribution in [0.2, 0.25) is 5.02 Å². The van der Waals surface area contributed by atoms with Gasteiger partial charge in [-0.15, -0.1) is 0 Å². The Labute approximate surface area is 83.0 Å². The zero-order chi connectivity index (χ0) is 9.26. The molecule has 1 saturated carbocycles. The van der Waals surface area contributed by atoms with Gasteiger partial charge in [-0.05, 0) is 42.9 Å². The highest BCUT2D eigenvalue weighted by Crippen LogP contribution is 2.35. The Morgan fingerprint density at radius 1 is 1.46 bits per heavy atom. The predicted molar refractivity (Wildman–Crippen MR) is 55.7 cm³/mol. The van der Waals surface area contributed by atoms with Crippen molar-refractivity contribution in [3.63, 3.8) is 0 Å². The van der Waals surface area contributed by atoms with Crippen molar-refractivity contribution < 1.29 is 0 Å². The number of benzene rings is 1. The van der Waals surface area contributed by atoms with E-state index in [0.717, 1.165) is 23.0 Å². The molecule has 1 aromatic rings. The van der Waals surface area contributed by atoms with Gasteiger partial charge in [0, 0.05) is 5.02 Å². The van der Waals surface area contributed by atoms with Gasteiger partial charge in [-0.1, -0.05) is 17.7 Å². The standard InChI is InChI=1S/C10H13ClN2/c11-9-4-3-8(5-7-1-2-7)10(6-9)13-12/h3-4,6-7,13H,1-2,5,12H2. The normalized spacial score (nSPS) is 15.8. The Kier molecular flexibility index (Phi) is 2.42. The number of anilines is 1. The van der Waals surface area contributed by atoms with Crippen LogP contribution in [0.1, 0.15) is 18.4 Å². The second-order valence-corrected chi connectivity index (χ2v) is 4.03. The van der Waals surface area contributed by atoms with Crippen LogP contribution in [-0.4, -0.2) is 0 Å². The lowest BCUT2D eigenvalue weighted by atomic mass is 10.1. The van der Waals surface area contributed by atoms with E-state index in [2.05, 4.69) is 11.5 Å². The number of nitrogens with two attached hydrogens (primary N) is 1. The van der Waals surface area contributed by atoms with Gasteiger partial charge in [-0.2, -0.15) is 0 Å². The van der Waals surface area contributed by atoms with E-state index in [-0.39, 0.29) is 0 Å². The molecule has 1 fully saturated rings. The minimum Gasteiger partial charge on any atom is -0.324 e. The number of hydrogen-bond donors (Lipinski definition) is 2. The molecule has 2 rings (SSSR count). The molecule has 1 aliphatic rings. The molecule has 1 aromatic carbocycles. The maximum absolute atomic E-state index is 5.85. The summed E-state index contributed by atoms with van der Waals surface area (Å²) in [6.45, 7) is 0. The molecule has 0 heterocycles. The quantitative estimate of drug-likeness (QED) is 0.576. The molecular formula is C10H13ClN2. The summed E-state index contributed by atoms with van der Waals surface area (Å²) in [5, 5.41) is 0.729. The topological polar surface area (TPSA) is 38.0 Å². The minimum absolute atomic E-state index is 0.729. The summed E-state index contributed by atoms with van der Waals surface area (Å²) in [7, 11) is 0. The second kappa shape index (κ2) is 3.56. The van der Waals surface area contributed by atoms with Crippen molar-refractivity contribution in [2.75, 3.05) is 5.43 Å². The zero-order valence-electron chi connectivity index (χ0n) is 7.39. The van der Waals surface area contributed by atoms with Crippen LogP contribution in [0.4, 0.5) is 5.69 Å². The Balaban J connectivity index is 2.21. The van der Waals surface area contributed by atoms with E-state index in [1.165, 1.54) is 18.4 Å². The molecule has 0 atom stereocenters. The summed E-state index contributed by atoms with van der Waals surface area (Å²) in [6.07, 6.45) is 3.83. The third kappa shape index (κ3) is 2.14. The number of halogens is 1. The largest absolute Gasteiger partial charge is 0.324 e. The molecule has 0 radical (unpaired) electrons. The van der Waals surface area contributed by atoms with Gasteiger partial charge in [-0.3, -0.25) is 5.84 Å². The molecule has 0 amide bonds. The third-order valence-electron chi connectivity index (χ3n) is 2.43. The maximum atomic E-state index is 5.85. The summed E-state index contributed by atoms with van der Waals surface area (Å²) >= 11 is 5.85. The summed E-state index contributed by atoms with van der Waals surface area (Å²) in [4.78, 5) is 0. The third-order valence-corrected chi connectivity index (χ3v) is 2.67. The number of hydrogen-bond acceptors (Lipinski definition) is 2. The van der Waals surface area contributed by atoms with Crippen molar-refractivity contribution in [1.82, 2.24) is 0 Å². The lowest BCUT2D eigenvalue weighted by Crippen LogP contribution is -2.09. The van der Waals surface area contributed by atoms with Gasteiger partial charge in [0.15, 0.2) is 0 Å². The molecule has 3 N–H and O–H groups in total. The van der Waals surface area contributed by atoms with E-state index in [4.69, 9.17) is 17.4 Å². The molecule has 70 valence electrons. The fourth-order valence-electron chi connectivity index (χ4n) is 1.49. The van der Waals surface area contributed by atoms with Crippen LogP contribution >= 0.6 is 11.6 Å². The molecule has 0 aliphatic heterocycles. The number of nitrogen functional groups attached to an aromatic ring is 1. The van der Waals surface area contributed by atoms with Crippen molar-refractivity contribution in [1.29, 1.82) is 0 Å². The van der Waals surface area contributed by atoms with E-state index >= 15 is 0 Å². The summed E-state index contributed by atoms with van der Waals surface area (Å²) in [5.41, 5.74) is 4.92. The van der Waals surface area contributed by atoms with Crippen LogP contribution in [0.3, 0.4) is 0 Å². The van der Waals surface area contributed by atoms with Crippen LogP contribution in [0.15, 0.2) is 18.2 Å². The first-order chi connectivity index (χ1) is 6.29. The van der Waals surface area contributed by atoms with Crippen molar-refractivity contribution in [3.05, 3.63) is 28.8 Å². The highest BCUT2D eigenvalue weighted by molar-refractivity contribution is 6.30. The maximum Gasteiger partial charge on any atom is 0.0531 e. The van der Waals surface area contributed by atoms with Crippen molar-refractivity contribution in [2.24, 2.45) is 11.8 Å². The van der Waals surface area contributed by atoms with Gasteiger partial charge >= 0.3 is 0 Å². The molecule has 0 unspecified atom stereocenters. The second-order valence-electron chi connectivity index (χ2n) is 3.59. The van der Waals surface area contributed by atoms with E-state index in [1.807, 2.05) is 12.1 Å². The Bertz CT molecular complexity index is 308. The first-order valence-corrected chi connectivity index (χ1v) is 4.92. The number of rotatable bonds is 3. The predicted octanol–water partition coefficient (Wildman–Crippen LogP) is 2.58. The van der Waals surface area contributed by atoms with Gasteiger partial charge in [0.05, 0.1) is 5.69 Å². The van der Waals surface area contributed by atoms with Crippen LogP contribution < -0.4 is 11.3 Å². The van der Waals surface area contributed by atoms with E-state index in [9.17, 15) is 0 Å². The van der Waals surface area contributed by atoms with Crippen LogP contribution in [-0.2, 0) is 6.42 Å². The summed E-state index contributed by atoms with van der Waals surface area (Å²) < 4.78 is 0. The minimum atomic E-state index is 0.729. The van der Waals surface area contributed by atoms with Gasteiger partial charge in [0.1, 0.15) is 0 Å². The molecule has 0 spiro atoms. The first kappa shape index (κ1) is 8.85. The lowest BCUT2D eigenvalue weighted by Gasteiger charge is -2.08. The average molecular weight is 197 g/mol. The molecule has 2 nitrogen and oxygen atoms in total. The number of hydrazine groups is 1. The molecule has 3 heteroatoms. The monoisotopic (exact) mass is 196 g/mol. The fraction of sp³-hybridized carbons (Fsp3) is 0.400. The highest BCUT2D eigenvalue weighted by Gasteiger charge is 2.22. The first-order valence-electron chi connectivity index (χ1n) is 4.54. The van der Waals surface area contributed by atoms with Crippen molar-refractivity contribution in [3.8, 4) is 0 Å². The summed E-state index contributed by atoms with van der Waals surface area (Å²) in [5.74, 6) is 6.28. The van der Waals surface area contributed by atoms with Gasteiger partial charge in [-0.25, -0.2) is 0 Å². The molecule has 13 heavy (non-hydrogen) atoms. The molecule has 0 bridgehead atoms. The lowest BCUT2D eigenvalue weighted by molar-refractivity contribution is 0.833. The number of nitrogens with one attached hydrogen (secondary N) is 1. The molecule has 1 aliphatic carbocycles. The Morgan fingerprint density at radius 3 is 2.85 bits per heavy atom. The Morgan fingerprint density at radius 2 is 2.23 bits per heavy atom. The van der Waals surface area contributed by atoms with Crippen LogP contribution in [0.25, 0.3) is 0 Å². The highest BCUT2D eigenvalue weighted by atomic mass is 35.5. The molecule has 0 aromatic heterocycles. The summed E-state index contributed by atoms with van der Waals surface area (Å²) in [6, 6.07) is 5.84. The van der Waals surface area contributed by atoms with Crippen LogP contribution in [0.5, 0.6) is 0 Å². The fourth-order valence-corrected chi connectivity index (χ4v) is 1.67. The van der Waals surface area contributed by atoms with Crippen molar-refractivity contribution in [2.45, 2.75) is 19.3 Å². The molecular weight excluding hydrogens is 184 g/mol. The Hall–Kier alpha value is -0.730.